The maximum Gasteiger partial charge on any atom is 0.323 e. The molecule has 1 N–H and O–H groups in total. The van der Waals surface area contributed by atoms with Gasteiger partial charge in [0.15, 0.2) is 11.5 Å². The number of carboxylic acid groups (broad SMARTS) is 1. The van der Waals surface area contributed by atoms with Crippen LogP contribution in [-0.2, 0) is 9.59 Å². The van der Waals surface area contributed by atoms with E-state index in [2.05, 4.69) is 22.6 Å². The van der Waals surface area contributed by atoms with E-state index in [1.54, 1.807) is 12.1 Å². The van der Waals surface area contributed by atoms with E-state index in [0.29, 0.717) is 40.3 Å². The van der Waals surface area contributed by atoms with Crippen molar-refractivity contribution in [3.63, 3.8) is 0 Å². The largest absolute Gasteiger partial charge is 0.493 e. The minimum atomic E-state index is -1.24. The topological polar surface area (TPSA) is 93.1 Å². The van der Waals surface area contributed by atoms with Gasteiger partial charge in [0, 0.05) is 0 Å². The van der Waals surface area contributed by atoms with Crippen LogP contribution in [0.1, 0.15) is 12.5 Å². The smallest absolute Gasteiger partial charge is 0.323 e. The van der Waals surface area contributed by atoms with Crippen LogP contribution in [0.4, 0.5) is 4.79 Å². The van der Waals surface area contributed by atoms with Gasteiger partial charge in [-0.15, -0.1) is 0 Å². The van der Waals surface area contributed by atoms with E-state index in [1.807, 2.05) is 6.92 Å². The van der Waals surface area contributed by atoms with Crippen LogP contribution < -0.4 is 9.47 Å². The predicted octanol–water partition coefficient (Wildman–Crippen LogP) is 2.82. The van der Waals surface area contributed by atoms with Gasteiger partial charge in [0.05, 0.1) is 22.2 Å². The standard InChI is InChI=1S/C15H14INO6S/c1-3-23-13-9(16)4-8(5-10(13)22-2)6-11-14(20)17(7-12(18)19)15(21)24-11/h4-6H,3,7H2,1-2H3,(H,18,19)/b11-6-. The number of rotatable bonds is 6. The lowest BCUT2D eigenvalue weighted by atomic mass is 10.2. The lowest BCUT2D eigenvalue weighted by Gasteiger charge is -2.12. The zero-order valence-corrected chi connectivity index (χ0v) is 15.8. The van der Waals surface area contributed by atoms with Gasteiger partial charge >= 0.3 is 5.97 Å². The van der Waals surface area contributed by atoms with Crippen molar-refractivity contribution in [2.75, 3.05) is 20.3 Å². The van der Waals surface area contributed by atoms with Crippen LogP contribution in [0.25, 0.3) is 6.08 Å². The molecule has 0 spiro atoms. The number of thioether (sulfide) groups is 1. The Kier molecular flexibility index (Phi) is 6.10. The Balaban J connectivity index is 2.35. The quantitative estimate of drug-likeness (QED) is 0.513. The highest BCUT2D eigenvalue weighted by Crippen LogP contribution is 2.37. The first-order valence-corrected chi connectivity index (χ1v) is 8.74. The van der Waals surface area contributed by atoms with Crippen LogP contribution in [0.5, 0.6) is 11.5 Å². The highest BCUT2D eigenvalue weighted by atomic mass is 127. The predicted molar refractivity (Wildman–Crippen MR) is 97.2 cm³/mol. The minimum absolute atomic E-state index is 0.170. The average molecular weight is 463 g/mol. The van der Waals surface area contributed by atoms with Crippen molar-refractivity contribution in [3.8, 4) is 11.5 Å². The molecule has 1 aromatic carbocycles. The van der Waals surface area contributed by atoms with Gasteiger partial charge in [-0.1, -0.05) is 0 Å². The number of nitrogens with zero attached hydrogens (tertiary/aromatic N) is 1. The summed E-state index contributed by atoms with van der Waals surface area (Å²) in [4.78, 5) is 35.5. The van der Waals surface area contributed by atoms with Gasteiger partial charge in [-0.3, -0.25) is 19.3 Å². The molecule has 0 atom stereocenters. The number of imide groups is 1. The number of amides is 2. The first kappa shape index (κ1) is 18.6. The monoisotopic (exact) mass is 463 g/mol. The number of benzene rings is 1. The lowest BCUT2D eigenvalue weighted by molar-refractivity contribution is -0.140. The Morgan fingerprint density at radius 2 is 2.12 bits per heavy atom. The number of carboxylic acids is 1. The molecule has 0 bridgehead atoms. The van der Waals surface area contributed by atoms with E-state index in [1.165, 1.54) is 13.2 Å². The minimum Gasteiger partial charge on any atom is -0.493 e. The van der Waals surface area contributed by atoms with Crippen LogP contribution >= 0.6 is 34.4 Å². The Labute approximate surface area is 156 Å². The maximum absolute atomic E-state index is 12.2. The fraction of sp³-hybridized carbons (Fsp3) is 0.267. The summed E-state index contributed by atoms with van der Waals surface area (Å²) in [7, 11) is 1.51. The summed E-state index contributed by atoms with van der Waals surface area (Å²) < 4.78 is 11.6. The third-order valence-electron chi connectivity index (χ3n) is 3.01. The zero-order valence-electron chi connectivity index (χ0n) is 12.9. The van der Waals surface area contributed by atoms with Crippen molar-refractivity contribution in [1.29, 1.82) is 0 Å². The molecule has 2 rings (SSSR count). The molecule has 1 saturated heterocycles. The number of carbonyl (C=O) groups excluding carboxylic acids is 2. The van der Waals surface area contributed by atoms with Crippen molar-refractivity contribution >= 4 is 57.5 Å². The normalized spacial score (nSPS) is 16.0. The summed E-state index contributed by atoms with van der Waals surface area (Å²) >= 11 is 2.81. The van der Waals surface area contributed by atoms with Crippen molar-refractivity contribution in [2.24, 2.45) is 0 Å². The fourth-order valence-electron chi connectivity index (χ4n) is 2.03. The second kappa shape index (κ2) is 7.88. The molecule has 2 amide bonds. The Bertz CT molecular complexity index is 733. The van der Waals surface area contributed by atoms with Crippen LogP contribution in [0.2, 0.25) is 0 Å². The highest BCUT2D eigenvalue weighted by molar-refractivity contribution is 14.1. The highest BCUT2D eigenvalue weighted by Gasteiger charge is 2.36. The molecule has 24 heavy (non-hydrogen) atoms. The summed E-state index contributed by atoms with van der Waals surface area (Å²) in [6.45, 7) is 1.70. The van der Waals surface area contributed by atoms with Gasteiger partial charge in [0.25, 0.3) is 11.1 Å². The number of hydrogen-bond acceptors (Lipinski definition) is 6. The third-order valence-corrected chi connectivity index (χ3v) is 4.71. The number of ether oxygens (including phenoxy) is 2. The van der Waals surface area contributed by atoms with E-state index in [0.717, 1.165) is 3.57 Å². The van der Waals surface area contributed by atoms with Crippen LogP contribution in [0, 0.1) is 3.57 Å². The van der Waals surface area contributed by atoms with Crippen LogP contribution in [0.15, 0.2) is 17.0 Å². The van der Waals surface area contributed by atoms with Gasteiger partial charge < -0.3 is 14.6 Å². The van der Waals surface area contributed by atoms with Crippen molar-refractivity contribution in [3.05, 3.63) is 26.2 Å². The average Bonchev–Trinajstić information content (AvgIpc) is 2.77. The molecule has 1 heterocycles. The van der Waals surface area contributed by atoms with E-state index in [-0.39, 0.29) is 4.91 Å². The molecule has 1 fully saturated rings. The lowest BCUT2D eigenvalue weighted by Crippen LogP contribution is -2.33. The molecule has 1 aliphatic rings. The third kappa shape index (κ3) is 4.01. The molecule has 1 aliphatic heterocycles. The zero-order chi connectivity index (χ0) is 17.9. The number of halogens is 1. The Morgan fingerprint density at radius 1 is 1.42 bits per heavy atom. The molecule has 1 aromatic rings. The molecule has 0 saturated carbocycles. The van der Waals surface area contributed by atoms with Gasteiger partial charge in [-0.05, 0) is 65.0 Å². The van der Waals surface area contributed by atoms with Crippen molar-refractivity contribution < 1.29 is 29.0 Å². The second-order valence-corrected chi connectivity index (χ2v) is 6.78. The van der Waals surface area contributed by atoms with Gasteiger partial charge in [-0.25, -0.2) is 0 Å². The SMILES string of the molecule is CCOc1c(I)cc(/C=C2\SC(=O)N(CC(=O)O)C2=O)cc1OC. The first-order valence-electron chi connectivity index (χ1n) is 6.84. The Hall–Kier alpha value is -1.75. The molecule has 7 nitrogen and oxygen atoms in total. The Morgan fingerprint density at radius 3 is 2.71 bits per heavy atom. The van der Waals surface area contributed by atoms with Gasteiger partial charge in [0.2, 0.25) is 0 Å². The molecule has 0 aliphatic carbocycles. The van der Waals surface area contributed by atoms with Crippen molar-refractivity contribution in [2.45, 2.75) is 6.92 Å². The van der Waals surface area contributed by atoms with Gasteiger partial charge in [0.1, 0.15) is 6.54 Å². The van der Waals surface area contributed by atoms with E-state index in [4.69, 9.17) is 14.6 Å². The van der Waals surface area contributed by atoms with E-state index >= 15 is 0 Å². The second-order valence-electron chi connectivity index (χ2n) is 4.63. The number of carbonyl (C=O) groups is 3. The molecule has 0 radical (unpaired) electrons. The van der Waals surface area contributed by atoms with E-state index in [9.17, 15) is 14.4 Å². The summed E-state index contributed by atoms with van der Waals surface area (Å²) in [5.41, 5.74) is 0.653. The summed E-state index contributed by atoms with van der Waals surface area (Å²) in [6.07, 6.45) is 1.53. The number of methoxy groups -OCH3 is 1. The summed E-state index contributed by atoms with van der Waals surface area (Å²) in [5.74, 6) is -0.734. The molecule has 128 valence electrons. The summed E-state index contributed by atoms with van der Waals surface area (Å²) in [6, 6.07) is 3.48. The van der Waals surface area contributed by atoms with Gasteiger partial charge in [-0.2, -0.15) is 0 Å². The van der Waals surface area contributed by atoms with E-state index < -0.39 is 23.7 Å². The molecular weight excluding hydrogens is 449 g/mol. The first-order chi connectivity index (χ1) is 11.4. The van der Waals surface area contributed by atoms with Crippen molar-refractivity contribution in [1.82, 2.24) is 4.90 Å². The molecular formula is C15H14INO6S. The molecule has 9 heteroatoms. The van der Waals surface area contributed by atoms with Crippen LogP contribution in [-0.4, -0.2) is 47.4 Å². The molecule has 0 unspecified atom stereocenters. The number of hydrogen-bond donors (Lipinski definition) is 1. The maximum atomic E-state index is 12.2. The summed E-state index contributed by atoms with van der Waals surface area (Å²) in [5, 5.41) is 8.17. The fourth-order valence-corrected chi connectivity index (χ4v) is 3.65. The van der Waals surface area contributed by atoms with Crippen LogP contribution in [0.3, 0.4) is 0 Å². The molecule has 0 aromatic heterocycles. The number of aliphatic carboxylic acids is 1.